The smallest absolute Gasteiger partial charge is 0.0348 e. The van der Waals surface area contributed by atoms with Crippen LogP contribution in [-0.4, -0.2) is 6.54 Å². The van der Waals surface area contributed by atoms with Crippen LogP contribution in [0.2, 0.25) is 0 Å². The summed E-state index contributed by atoms with van der Waals surface area (Å²) in [7, 11) is 0. The lowest BCUT2D eigenvalue weighted by atomic mass is 9.89. The van der Waals surface area contributed by atoms with E-state index < -0.39 is 0 Å². The van der Waals surface area contributed by atoms with Crippen molar-refractivity contribution in [2.45, 2.75) is 59.4 Å². The van der Waals surface area contributed by atoms with Gasteiger partial charge in [-0.25, -0.2) is 0 Å². The summed E-state index contributed by atoms with van der Waals surface area (Å²) in [4.78, 5) is 0. The van der Waals surface area contributed by atoms with Gasteiger partial charge in [-0.3, -0.25) is 0 Å². The van der Waals surface area contributed by atoms with Crippen LogP contribution >= 0.6 is 0 Å². The maximum atomic E-state index is 3.74. The van der Waals surface area contributed by atoms with Gasteiger partial charge < -0.3 is 5.32 Å². The van der Waals surface area contributed by atoms with Gasteiger partial charge in [-0.1, -0.05) is 58.4 Å². The Hall–Kier alpha value is -0.820. The van der Waals surface area contributed by atoms with Crippen molar-refractivity contribution < 1.29 is 0 Å². The third kappa shape index (κ3) is 4.09. The number of hydrogen-bond acceptors (Lipinski definition) is 1. The average Bonchev–Trinajstić information content (AvgIpc) is 2.82. The standard InChI is InChI=1S/C19H31N/c1-5-20-19(18-10-9-15(4)12-18)17-8-6-7-16(13-17)11-14(2)3/h6-8,13-15,18-20H,5,9-12H2,1-4H3. The second kappa shape index (κ2) is 7.26. The van der Waals surface area contributed by atoms with Crippen molar-refractivity contribution in [3.8, 4) is 0 Å². The predicted molar refractivity (Wildman–Crippen MR) is 87.9 cm³/mol. The number of benzene rings is 1. The lowest BCUT2D eigenvalue weighted by Gasteiger charge is -2.25. The maximum Gasteiger partial charge on any atom is 0.0348 e. The van der Waals surface area contributed by atoms with E-state index in [0.29, 0.717) is 6.04 Å². The topological polar surface area (TPSA) is 12.0 Å². The molecule has 3 unspecified atom stereocenters. The van der Waals surface area contributed by atoms with Gasteiger partial charge in [-0.15, -0.1) is 0 Å². The van der Waals surface area contributed by atoms with Crippen LogP contribution in [0.15, 0.2) is 24.3 Å². The van der Waals surface area contributed by atoms with Gasteiger partial charge in [0.1, 0.15) is 0 Å². The lowest BCUT2D eigenvalue weighted by molar-refractivity contribution is 0.365. The third-order valence-electron chi connectivity index (χ3n) is 4.58. The number of hydrogen-bond donors (Lipinski definition) is 1. The van der Waals surface area contributed by atoms with E-state index in [1.54, 1.807) is 0 Å². The molecule has 1 saturated carbocycles. The molecule has 1 aliphatic carbocycles. The molecule has 1 heteroatoms. The number of nitrogens with one attached hydrogen (secondary N) is 1. The van der Waals surface area contributed by atoms with E-state index in [1.165, 1.54) is 36.8 Å². The van der Waals surface area contributed by atoms with Gasteiger partial charge in [0, 0.05) is 6.04 Å². The van der Waals surface area contributed by atoms with E-state index in [9.17, 15) is 0 Å². The lowest BCUT2D eigenvalue weighted by Crippen LogP contribution is -2.27. The van der Waals surface area contributed by atoms with Crippen LogP contribution in [0.25, 0.3) is 0 Å². The van der Waals surface area contributed by atoms with Crippen molar-refractivity contribution in [3.63, 3.8) is 0 Å². The van der Waals surface area contributed by atoms with Crippen molar-refractivity contribution in [3.05, 3.63) is 35.4 Å². The Balaban J connectivity index is 2.16. The second-order valence-electron chi connectivity index (χ2n) is 7.06. The van der Waals surface area contributed by atoms with Gasteiger partial charge in [0.2, 0.25) is 0 Å². The minimum atomic E-state index is 0.553. The molecular weight excluding hydrogens is 242 g/mol. The van der Waals surface area contributed by atoms with Crippen molar-refractivity contribution in [1.29, 1.82) is 0 Å². The molecule has 0 amide bonds. The molecule has 1 fully saturated rings. The van der Waals surface area contributed by atoms with Gasteiger partial charge in [-0.2, -0.15) is 0 Å². The highest BCUT2D eigenvalue weighted by Gasteiger charge is 2.29. The Morgan fingerprint density at radius 1 is 1.25 bits per heavy atom. The first-order valence-corrected chi connectivity index (χ1v) is 8.42. The van der Waals surface area contributed by atoms with Crippen LogP contribution < -0.4 is 5.32 Å². The highest BCUT2D eigenvalue weighted by Crippen LogP contribution is 2.39. The van der Waals surface area contributed by atoms with Crippen LogP contribution in [-0.2, 0) is 6.42 Å². The molecule has 0 aromatic heterocycles. The van der Waals surface area contributed by atoms with Crippen molar-refractivity contribution >= 4 is 0 Å². The normalized spacial score (nSPS) is 24.2. The fraction of sp³-hybridized carbons (Fsp3) is 0.684. The van der Waals surface area contributed by atoms with Crippen LogP contribution in [0.5, 0.6) is 0 Å². The summed E-state index contributed by atoms with van der Waals surface area (Å²) in [6.07, 6.45) is 5.35. The summed E-state index contributed by atoms with van der Waals surface area (Å²) >= 11 is 0. The largest absolute Gasteiger partial charge is 0.310 e. The minimum Gasteiger partial charge on any atom is -0.310 e. The molecule has 0 bridgehead atoms. The Labute approximate surface area is 125 Å². The van der Waals surface area contributed by atoms with Crippen LogP contribution in [0.3, 0.4) is 0 Å². The zero-order chi connectivity index (χ0) is 14.5. The molecule has 1 aliphatic rings. The summed E-state index contributed by atoms with van der Waals surface area (Å²) in [6, 6.07) is 9.84. The molecule has 1 aromatic rings. The Morgan fingerprint density at radius 2 is 2.05 bits per heavy atom. The highest BCUT2D eigenvalue weighted by atomic mass is 14.9. The molecule has 0 radical (unpaired) electrons. The molecule has 112 valence electrons. The van der Waals surface area contributed by atoms with E-state index in [-0.39, 0.29) is 0 Å². The van der Waals surface area contributed by atoms with Crippen LogP contribution in [0.1, 0.15) is 64.1 Å². The molecule has 1 N–H and O–H groups in total. The zero-order valence-electron chi connectivity index (χ0n) is 13.7. The monoisotopic (exact) mass is 273 g/mol. The summed E-state index contributed by atoms with van der Waals surface area (Å²) in [5.41, 5.74) is 3.00. The van der Waals surface area contributed by atoms with Gasteiger partial charge in [0.05, 0.1) is 0 Å². The van der Waals surface area contributed by atoms with Crippen LogP contribution in [0, 0.1) is 17.8 Å². The maximum absolute atomic E-state index is 3.74. The molecule has 1 aromatic carbocycles. The van der Waals surface area contributed by atoms with Gasteiger partial charge in [0.15, 0.2) is 0 Å². The van der Waals surface area contributed by atoms with E-state index in [1.807, 2.05) is 0 Å². The van der Waals surface area contributed by atoms with E-state index in [2.05, 4.69) is 57.3 Å². The fourth-order valence-electron chi connectivity index (χ4n) is 3.72. The van der Waals surface area contributed by atoms with Gasteiger partial charge >= 0.3 is 0 Å². The fourth-order valence-corrected chi connectivity index (χ4v) is 3.72. The summed E-state index contributed by atoms with van der Waals surface area (Å²) in [5.74, 6) is 2.45. The first kappa shape index (κ1) is 15.6. The van der Waals surface area contributed by atoms with Crippen molar-refractivity contribution in [2.75, 3.05) is 6.54 Å². The molecule has 20 heavy (non-hydrogen) atoms. The molecule has 0 aliphatic heterocycles. The minimum absolute atomic E-state index is 0.553. The molecule has 0 spiro atoms. The van der Waals surface area contributed by atoms with E-state index in [4.69, 9.17) is 0 Å². The molecular formula is C19H31N. The first-order valence-electron chi connectivity index (χ1n) is 8.42. The molecule has 2 rings (SSSR count). The summed E-state index contributed by atoms with van der Waals surface area (Å²) in [5, 5.41) is 3.74. The van der Waals surface area contributed by atoms with E-state index >= 15 is 0 Å². The van der Waals surface area contributed by atoms with Gasteiger partial charge in [0.25, 0.3) is 0 Å². The van der Waals surface area contributed by atoms with E-state index in [0.717, 1.165) is 24.3 Å². The van der Waals surface area contributed by atoms with Gasteiger partial charge in [-0.05, 0) is 54.7 Å². The SMILES string of the molecule is CCNC(c1cccc(CC(C)C)c1)C1CCC(C)C1. The predicted octanol–water partition coefficient (Wildman–Crippen LogP) is 4.97. The highest BCUT2D eigenvalue weighted by molar-refractivity contribution is 5.27. The zero-order valence-corrected chi connectivity index (χ0v) is 13.7. The van der Waals surface area contributed by atoms with Crippen molar-refractivity contribution in [1.82, 2.24) is 5.32 Å². The number of rotatable bonds is 6. The molecule has 0 heterocycles. The second-order valence-corrected chi connectivity index (χ2v) is 7.06. The Bertz CT molecular complexity index is 410. The summed E-state index contributed by atoms with van der Waals surface area (Å²) in [6.45, 7) is 10.3. The van der Waals surface area contributed by atoms with Crippen molar-refractivity contribution in [2.24, 2.45) is 17.8 Å². The average molecular weight is 273 g/mol. The Morgan fingerprint density at radius 3 is 2.65 bits per heavy atom. The first-order chi connectivity index (χ1) is 9.60. The molecule has 1 nitrogen and oxygen atoms in total. The quantitative estimate of drug-likeness (QED) is 0.771. The molecule has 0 saturated heterocycles. The summed E-state index contributed by atoms with van der Waals surface area (Å²) < 4.78 is 0. The Kier molecular flexibility index (Phi) is 5.65. The third-order valence-corrected chi connectivity index (χ3v) is 4.58. The van der Waals surface area contributed by atoms with Crippen LogP contribution in [0.4, 0.5) is 0 Å². The molecule has 3 atom stereocenters.